The zero-order valence-electron chi connectivity index (χ0n) is 35.1. The highest BCUT2D eigenvalue weighted by Crippen LogP contribution is 2.39. The van der Waals surface area contributed by atoms with Crippen LogP contribution in [0.4, 0.5) is 0 Å². The molecule has 302 valence electrons. The van der Waals surface area contributed by atoms with Crippen molar-refractivity contribution in [2.24, 2.45) is 5.92 Å². The van der Waals surface area contributed by atoms with Crippen LogP contribution < -0.4 is 0 Å². The summed E-state index contributed by atoms with van der Waals surface area (Å²) in [6.45, 7) is 2.25. The molecule has 0 spiro atoms. The molecule has 0 N–H and O–H groups in total. The molecule has 0 aliphatic heterocycles. The summed E-state index contributed by atoms with van der Waals surface area (Å²) in [6.07, 6.45) is 7.44. The molecule has 6 nitrogen and oxygen atoms in total. The number of hydrogen-bond acceptors (Lipinski definition) is 3. The lowest BCUT2D eigenvalue weighted by Gasteiger charge is -2.17. The maximum Gasteiger partial charge on any atom is 0.164 e. The van der Waals surface area contributed by atoms with Crippen LogP contribution in [0, 0.1) is 5.92 Å². The van der Waals surface area contributed by atoms with Gasteiger partial charge in [-0.1, -0.05) is 128 Å². The van der Waals surface area contributed by atoms with E-state index in [1.165, 1.54) is 38.0 Å². The molecule has 1 aliphatic carbocycles. The standard InChI is InChI=1S/C58H40N6/c1-37-16-5-6-21-43(37)58-60-56(59-57(61-58)39-30-32-54-48(35-39)46-24-9-13-28-52(46)62(54)40-18-3-2-4-19-40)38-17-15-20-41(34-38)63-53-29-14-10-25-47(53)49-36-42(31-33-55(49)63)64-50-26-11-7-22-44(50)45-23-8-12-27-51(45)64/h2-15,17-37H,16H2,1H3. The fourth-order valence-corrected chi connectivity index (χ4v) is 10.1. The van der Waals surface area contributed by atoms with Crippen LogP contribution in [-0.2, 0) is 0 Å². The second kappa shape index (κ2) is 14.4. The average Bonchev–Trinajstić information content (AvgIpc) is 3.99. The third-order valence-electron chi connectivity index (χ3n) is 13.1. The Morgan fingerprint density at radius 3 is 1.44 bits per heavy atom. The third kappa shape index (κ3) is 5.62. The molecular formula is C58H40N6. The van der Waals surface area contributed by atoms with Gasteiger partial charge in [-0.15, -0.1) is 0 Å². The van der Waals surface area contributed by atoms with Crippen LogP contribution in [0.1, 0.15) is 19.2 Å². The highest BCUT2D eigenvalue weighted by molar-refractivity contribution is 6.13. The second-order valence-corrected chi connectivity index (χ2v) is 16.9. The van der Waals surface area contributed by atoms with Gasteiger partial charge in [-0.3, -0.25) is 0 Å². The molecule has 1 atom stereocenters. The molecule has 12 aromatic rings. The van der Waals surface area contributed by atoms with Crippen molar-refractivity contribution in [3.63, 3.8) is 0 Å². The summed E-state index contributed by atoms with van der Waals surface area (Å²) in [7, 11) is 0. The Kier molecular flexibility index (Phi) is 8.15. The smallest absolute Gasteiger partial charge is 0.164 e. The number of rotatable bonds is 6. The molecule has 13 rings (SSSR count). The fourth-order valence-electron chi connectivity index (χ4n) is 10.1. The van der Waals surface area contributed by atoms with E-state index in [-0.39, 0.29) is 5.92 Å². The molecule has 8 aromatic carbocycles. The van der Waals surface area contributed by atoms with Crippen LogP contribution >= 0.6 is 0 Å². The molecule has 0 bridgehead atoms. The Balaban J connectivity index is 0.974. The van der Waals surface area contributed by atoms with E-state index >= 15 is 0 Å². The van der Waals surface area contributed by atoms with Crippen LogP contribution in [-0.4, -0.2) is 28.7 Å². The number of aromatic nitrogens is 6. The summed E-state index contributed by atoms with van der Waals surface area (Å²) in [5.74, 6) is 2.28. The van der Waals surface area contributed by atoms with Crippen molar-refractivity contribution in [3.05, 3.63) is 212 Å². The number of para-hydroxylation sites is 5. The van der Waals surface area contributed by atoms with Crippen LogP contribution in [0.5, 0.6) is 0 Å². The SMILES string of the molecule is CC1CC=CC=C1c1nc(-c2cccc(-n3c4ccccc4c4cc(-n5c6ccccc6c6ccccc65)ccc43)c2)nc(-c2ccc3c(c2)c2ccccc2n3-c2ccccc2)n1. The highest BCUT2D eigenvalue weighted by atomic mass is 15.0. The Hall–Kier alpha value is -8.35. The van der Waals surface area contributed by atoms with Gasteiger partial charge in [0.25, 0.3) is 0 Å². The fraction of sp³-hybridized carbons (Fsp3) is 0.0517. The van der Waals surface area contributed by atoms with Crippen molar-refractivity contribution >= 4 is 71.0 Å². The first-order valence-electron chi connectivity index (χ1n) is 22.0. The Bertz CT molecular complexity index is 3850. The molecular weight excluding hydrogens is 781 g/mol. The van der Waals surface area contributed by atoms with Crippen molar-refractivity contribution < 1.29 is 0 Å². The summed E-state index contributed by atoms with van der Waals surface area (Å²) < 4.78 is 7.11. The first-order chi connectivity index (χ1) is 31.7. The molecule has 64 heavy (non-hydrogen) atoms. The van der Waals surface area contributed by atoms with Crippen molar-refractivity contribution in [1.82, 2.24) is 28.7 Å². The van der Waals surface area contributed by atoms with Gasteiger partial charge in [0, 0.05) is 66.1 Å². The van der Waals surface area contributed by atoms with Gasteiger partial charge < -0.3 is 13.7 Å². The largest absolute Gasteiger partial charge is 0.309 e. The molecule has 4 aromatic heterocycles. The third-order valence-corrected chi connectivity index (χ3v) is 13.1. The Morgan fingerprint density at radius 2 is 0.828 bits per heavy atom. The predicted molar refractivity (Wildman–Crippen MR) is 265 cm³/mol. The van der Waals surface area contributed by atoms with E-state index in [4.69, 9.17) is 15.0 Å². The normalized spacial score (nSPS) is 14.1. The number of benzene rings is 8. The lowest BCUT2D eigenvalue weighted by Crippen LogP contribution is -2.08. The Labute approximate surface area is 369 Å². The lowest BCUT2D eigenvalue weighted by atomic mass is 9.92. The molecule has 0 amide bonds. The van der Waals surface area contributed by atoms with Gasteiger partial charge in [-0.25, -0.2) is 15.0 Å². The van der Waals surface area contributed by atoms with Gasteiger partial charge >= 0.3 is 0 Å². The van der Waals surface area contributed by atoms with Gasteiger partial charge in [0.05, 0.1) is 33.1 Å². The number of nitrogens with zero attached hydrogens (tertiary/aromatic N) is 6. The Morgan fingerprint density at radius 1 is 0.375 bits per heavy atom. The van der Waals surface area contributed by atoms with E-state index in [0.717, 1.165) is 67.6 Å². The first kappa shape index (κ1) is 36.3. The minimum Gasteiger partial charge on any atom is -0.309 e. The molecule has 0 saturated carbocycles. The van der Waals surface area contributed by atoms with E-state index in [1.54, 1.807) is 0 Å². The summed E-state index contributed by atoms with van der Waals surface area (Å²) in [5, 5.41) is 7.25. The first-order valence-corrected chi connectivity index (χ1v) is 22.0. The van der Waals surface area contributed by atoms with Gasteiger partial charge in [0.2, 0.25) is 0 Å². The molecule has 1 aliphatic rings. The van der Waals surface area contributed by atoms with E-state index in [1.807, 2.05) is 0 Å². The van der Waals surface area contributed by atoms with Crippen LogP contribution in [0.2, 0.25) is 0 Å². The topological polar surface area (TPSA) is 53.5 Å². The highest BCUT2D eigenvalue weighted by Gasteiger charge is 2.22. The summed E-state index contributed by atoms with van der Waals surface area (Å²) in [5.41, 5.74) is 13.3. The monoisotopic (exact) mass is 820 g/mol. The van der Waals surface area contributed by atoms with Gasteiger partial charge in [0.15, 0.2) is 17.5 Å². The van der Waals surface area contributed by atoms with E-state index in [9.17, 15) is 0 Å². The van der Waals surface area contributed by atoms with Gasteiger partial charge in [0.1, 0.15) is 0 Å². The average molecular weight is 821 g/mol. The van der Waals surface area contributed by atoms with E-state index in [0.29, 0.717) is 17.5 Å². The second-order valence-electron chi connectivity index (χ2n) is 16.9. The van der Waals surface area contributed by atoms with Crippen molar-refractivity contribution in [2.45, 2.75) is 13.3 Å². The van der Waals surface area contributed by atoms with Crippen LogP contribution in [0.25, 0.3) is 111 Å². The van der Waals surface area contributed by atoms with Crippen molar-refractivity contribution in [3.8, 4) is 39.8 Å². The molecule has 6 heteroatoms. The minimum absolute atomic E-state index is 0.274. The maximum atomic E-state index is 5.30. The van der Waals surface area contributed by atoms with Crippen molar-refractivity contribution in [1.29, 1.82) is 0 Å². The van der Waals surface area contributed by atoms with Crippen LogP contribution in [0.15, 0.2) is 206 Å². The van der Waals surface area contributed by atoms with Crippen molar-refractivity contribution in [2.75, 3.05) is 0 Å². The van der Waals surface area contributed by atoms with Crippen LogP contribution in [0.3, 0.4) is 0 Å². The number of hydrogen-bond donors (Lipinski definition) is 0. The zero-order chi connectivity index (χ0) is 42.3. The van der Waals surface area contributed by atoms with Gasteiger partial charge in [-0.2, -0.15) is 0 Å². The maximum absolute atomic E-state index is 5.30. The van der Waals surface area contributed by atoms with Gasteiger partial charge in [-0.05, 0) is 97.3 Å². The number of allylic oxidation sites excluding steroid dienone is 4. The minimum atomic E-state index is 0.274. The molecule has 0 fully saturated rings. The quantitative estimate of drug-likeness (QED) is 0.168. The molecule has 0 radical (unpaired) electrons. The van der Waals surface area contributed by atoms with E-state index in [2.05, 4.69) is 227 Å². The summed E-state index contributed by atoms with van der Waals surface area (Å²) in [4.78, 5) is 15.8. The lowest BCUT2D eigenvalue weighted by molar-refractivity contribution is 0.747. The molecule has 4 heterocycles. The number of fused-ring (bicyclic) bond motifs is 9. The zero-order valence-corrected chi connectivity index (χ0v) is 35.1. The molecule has 1 unspecified atom stereocenters. The van der Waals surface area contributed by atoms with E-state index < -0.39 is 0 Å². The predicted octanol–water partition coefficient (Wildman–Crippen LogP) is 14.5. The molecule has 0 saturated heterocycles. The summed E-state index contributed by atoms with van der Waals surface area (Å²) in [6, 6.07) is 67.4. The summed E-state index contributed by atoms with van der Waals surface area (Å²) >= 11 is 0.